The lowest BCUT2D eigenvalue weighted by Gasteiger charge is -2.29. The number of ether oxygens (including phenoxy) is 4. The van der Waals surface area contributed by atoms with Crippen molar-refractivity contribution in [1.29, 1.82) is 0 Å². The Labute approximate surface area is 394 Å². The van der Waals surface area contributed by atoms with Crippen molar-refractivity contribution in [3.8, 4) is 5.75 Å². The fourth-order valence-corrected chi connectivity index (χ4v) is 10.0. The number of carboxylic acid groups (broad SMARTS) is 1. The van der Waals surface area contributed by atoms with Crippen LogP contribution in [0.3, 0.4) is 0 Å². The molecular weight excluding hydrogens is 892 g/mol. The Hall–Kier alpha value is -4.77. The van der Waals surface area contributed by atoms with Crippen molar-refractivity contribution in [3.05, 3.63) is 101 Å². The molecule has 4 N–H and O–H groups in total. The van der Waals surface area contributed by atoms with E-state index in [1.807, 2.05) is 63.2 Å². The van der Waals surface area contributed by atoms with Gasteiger partial charge in [0, 0.05) is 42.3 Å². The number of benzene rings is 2. The highest BCUT2D eigenvalue weighted by atomic mass is 35.5. The van der Waals surface area contributed by atoms with Crippen LogP contribution in [-0.4, -0.2) is 88.7 Å². The Morgan fingerprint density at radius 3 is 2.42 bits per heavy atom. The molecule has 3 aromatic rings. The Morgan fingerprint density at radius 2 is 1.77 bits per heavy atom. The van der Waals surface area contributed by atoms with Gasteiger partial charge in [-0.3, -0.25) is 14.4 Å². The largest absolute Gasteiger partial charge is 0.495 e. The highest BCUT2D eigenvalue weighted by Crippen LogP contribution is 2.46. The number of amides is 3. The summed E-state index contributed by atoms with van der Waals surface area (Å²) in [7, 11) is 4.70. The molecular formula is C48H61ClN4O10S2. The molecule has 2 aliphatic rings. The van der Waals surface area contributed by atoms with E-state index in [0.29, 0.717) is 29.2 Å². The molecule has 5 rings (SSSR count). The topological polar surface area (TPSA) is 195 Å². The van der Waals surface area contributed by atoms with E-state index in [9.17, 15) is 29.1 Å². The van der Waals surface area contributed by atoms with Crippen molar-refractivity contribution in [1.82, 2.24) is 20.9 Å². The van der Waals surface area contributed by atoms with E-state index in [4.69, 9.17) is 30.5 Å². The number of pyridine rings is 1. The van der Waals surface area contributed by atoms with Crippen LogP contribution in [0, 0.1) is 17.3 Å². The third kappa shape index (κ3) is 15.7. The molecule has 352 valence electrons. The lowest BCUT2D eigenvalue weighted by Crippen LogP contribution is -2.51. The number of halogens is 1. The van der Waals surface area contributed by atoms with Crippen LogP contribution in [0.5, 0.6) is 5.75 Å². The number of nitrogens with zero attached hydrogens (tertiary/aromatic N) is 1. The molecule has 2 aromatic carbocycles. The van der Waals surface area contributed by atoms with Crippen LogP contribution < -0.4 is 20.7 Å². The second-order valence-corrected chi connectivity index (χ2v) is 21.5. The van der Waals surface area contributed by atoms with Gasteiger partial charge in [-0.25, -0.2) is 14.6 Å². The summed E-state index contributed by atoms with van der Waals surface area (Å²) in [5.74, 6) is -2.41. The first kappa shape index (κ1) is 51.2. The van der Waals surface area contributed by atoms with Crippen molar-refractivity contribution < 1.29 is 48.0 Å². The average molecular weight is 954 g/mol. The van der Waals surface area contributed by atoms with E-state index in [1.54, 1.807) is 65.9 Å². The van der Waals surface area contributed by atoms with Gasteiger partial charge < -0.3 is 40.0 Å². The van der Waals surface area contributed by atoms with Crippen LogP contribution in [0.25, 0.3) is 0 Å². The molecule has 1 unspecified atom stereocenters. The first-order chi connectivity index (χ1) is 30.7. The zero-order chi connectivity index (χ0) is 47.5. The number of carbonyl (C=O) groups excluding carboxylic acids is 4. The summed E-state index contributed by atoms with van der Waals surface area (Å²) < 4.78 is 23.2. The SMILES string of the molecule is COc1ccc(C[C@H]2NC(=O)/C=C/C[C@@H]([C@H](C)[C@@H]3O[C@H]3c3ccc(CC(CC(C)(C)SSc4ccccn4)NC(=O)O)cc3)OC(=O)[C@H](CC(C)C)OC(=O)C(C)(C)CNC2=O)cc1Cl. The zero-order valence-electron chi connectivity index (χ0n) is 38.1. The summed E-state index contributed by atoms with van der Waals surface area (Å²) in [6.45, 7) is 13.0. The number of hydrogen-bond donors (Lipinski definition) is 4. The quantitative estimate of drug-likeness (QED) is 0.0609. The minimum Gasteiger partial charge on any atom is -0.495 e. The molecule has 0 saturated carbocycles. The van der Waals surface area contributed by atoms with Gasteiger partial charge in [-0.15, -0.1) is 0 Å². The van der Waals surface area contributed by atoms with Crippen molar-refractivity contribution >= 4 is 63.0 Å². The summed E-state index contributed by atoms with van der Waals surface area (Å²) in [4.78, 5) is 70.8. The minimum absolute atomic E-state index is 0.0312. The molecule has 1 fully saturated rings. The summed E-state index contributed by atoms with van der Waals surface area (Å²) >= 11 is 6.37. The van der Waals surface area contributed by atoms with Gasteiger partial charge in [0.15, 0.2) is 6.10 Å². The number of aromatic nitrogens is 1. The molecule has 17 heteroatoms. The number of cyclic esters (lactones) is 2. The van der Waals surface area contributed by atoms with Gasteiger partial charge in [0.2, 0.25) is 11.8 Å². The fourth-order valence-electron chi connectivity index (χ4n) is 7.48. The number of carbonyl (C=O) groups is 5. The molecule has 1 saturated heterocycles. The number of nitrogens with one attached hydrogen (secondary N) is 3. The zero-order valence-corrected chi connectivity index (χ0v) is 40.5. The van der Waals surface area contributed by atoms with Crippen molar-refractivity contribution in [2.75, 3.05) is 13.7 Å². The molecule has 0 spiro atoms. The van der Waals surface area contributed by atoms with Gasteiger partial charge in [-0.2, -0.15) is 0 Å². The Balaban J connectivity index is 1.31. The molecule has 3 amide bonds. The van der Waals surface area contributed by atoms with Crippen LogP contribution in [-0.2, 0) is 46.2 Å². The monoisotopic (exact) mass is 952 g/mol. The molecule has 0 aliphatic carbocycles. The first-order valence-corrected chi connectivity index (χ1v) is 24.3. The Bertz CT molecular complexity index is 2160. The second kappa shape index (κ2) is 23.1. The molecule has 2 aliphatic heterocycles. The van der Waals surface area contributed by atoms with Gasteiger partial charge in [-0.05, 0) is 111 Å². The Kier molecular flexibility index (Phi) is 18.2. The van der Waals surface area contributed by atoms with Crippen LogP contribution >= 0.6 is 33.2 Å². The third-order valence-corrected chi connectivity index (χ3v) is 14.7. The highest BCUT2D eigenvalue weighted by molar-refractivity contribution is 8.77. The van der Waals surface area contributed by atoms with E-state index in [1.165, 1.54) is 13.2 Å². The molecule has 14 nitrogen and oxygen atoms in total. The number of rotatable bonds is 16. The molecule has 65 heavy (non-hydrogen) atoms. The summed E-state index contributed by atoms with van der Waals surface area (Å²) in [5, 5.41) is 19.2. The molecule has 1 aromatic heterocycles. The average Bonchev–Trinajstić information content (AvgIpc) is 4.05. The van der Waals surface area contributed by atoms with Gasteiger partial charge >= 0.3 is 18.0 Å². The van der Waals surface area contributed by atoms with Crippen molar-refractivity contribution in [3.63, 3.8) is 0 Å². The Morgan fingerprint density at radius 1 is 1.05 bits per heavy atom. The number of epoxide rings is 1. The highest BCUT2D eigenvalue weighted by Gasteiger charge is 2.48. The van der Waals surface area contributed by atoms with Gasteiger partial charge in [0.25, 0.3) is 0 Å². The molecule has 0 radical (unpaired) electrons. The normalized spacial score (nSPS) is 23.3. The van der Waals surface area contributed by atoms with Crippen LogP contribution in [0.2, 0.25) is 5.02 Å². The molecule has 7 atom stereocenters. The molecule has 3 heterocycles. The predicted octanol–water partition coefficient (Wildman–Crippen LogP) is 8.31. The number of methoxy groups -OCH3 is 1. The minimum atomic E-state index is -1.25. The summed E-state index contributed by atoms with van der Waals surface area (Å²) in [6.07, 6.45) is 2.38. The standard InChI is InChI=1S/C48H61ClN4O10S2/c1-28(2)22-38-44(56)61-36(12-11-13-39(54)53-35(25-31-17-20-37(60-8)34(49)24-31)43(55)51-27-47(4,5)45(57)62-38)29(3)41-42(63-41)32-18-15-30(16-19-32)23-33(52-46(58)59)26-48(6,7)65-64-40-14-9-10-21-50-40/h9-11,13-21,24,28-29,33,35-36,38,41-42,52H,12,22-23,25-27H2,1-8H3,(H,51,55)(H,53,54)(H,58,59)/b13-11+/t29-,33?,35+,36-,38-,41-,42-/m0/s1. The smallest absolute Gasteiger partial charge is 0.404 e. The predicted molar refractivity (Wildman–Crippen MR) is 252 cm³/mol. The van der Waals surface area contributed by atoms with E-state index in [-0.39, 0.29) is 60.6 Å². The van der Waals surface area contributed by atoms with E-state index in [2.05, 4.69) is 34.8 Å². The maximum absolute atomic E-state index is 13.9. The van der Waals surface area contributed by atoms with E-state index < -0.39 is 53.5 Å². The maximum Gasteiger partial charge on any atom is 0.404 e. The van der Waals surface area contributed by atoms with Crippen molar-refractivity contribution in [2.24, 2.45) is 17.3 Å². The second-order valence-electron chi connectivity index (χ2n) is 18.2. The fraction of sp³-hybridized carbons (Fsp3) is 0.500. The lowest BCUT2D eigenvalue weighted by molar-refractivity contribution is -0.179. The van der Waals surface area contributed by atoms with Crippen LogP contribution in [0.4, 0.5) is 4.79 Å². The van der Waals surface area contributed by atoms with Crippen LogP contribution in [0.1, 0.15) is 90.5 Å². The first-order valence-electron chi connectivity index (χ1n) is 21.7. The number of hydrogen-bond acceptors (Lipinski definition) is 12. The van der Waals surface area contributed by atoms with Gasteiger partial charge in [0.05, 0.1) is 23.7 Å². The number of esters is 2. The summed E-state index contributed by atoms with van der Waals surface area (Å²) in [5.41, 5.74) is 1.28. The maximum atomic E-state index is 13.9. The van der Waals surface area contributed by atoms with Crippen LogP contribution in [0.15, 0.2) is 84.0 Å². The molecule has 0 bridgehead atoms. The van der Waals surface area contributed by atoms with Gasteiger partial charge in [-0.1, -0.05) is 85.6 Å². The third-order valence-electron chi connectivity index (χ3n) is 11.1. The van der Waals surface area contributed by atoms with E-state index >= 15 is 0 Å². The van der Waals surface area contributed by atoms with Gasteiger partial charge in [0.1, 0.15) is 29.0 Å². The lowest BCUT2D eigenvalue weighted by atomic mass is 9.92. The van der Waals surface area contributed by atoms with E-state index in [0.717, 1.165) is 16.2 Å². The van der Waals surface area contributed by atoms with Crippen molar-refractivity contribution in [2.45, 2.75) is 127 Å². The summed E-state index contributed by atoms with van der Waals surface area (Å²) in [6, 6.07) is 17.3.